The summed E-state index contributed by atoms with van der Waals surface area (Å²) in [6, 6.07) is 16.2. The van der Waals surface area contributed by atoms with E-state index in [1.165, 1.54) is 18.3 Å². The molecule has 10 heteroatoms. The normalized spacial score (nSPS) is 13.5. The van der Waals surface area contributed by atoms with Gasteiger partial charge in [0, 0.05) is 24.8 Å². The Bertz CT molecular complexity index is 1300. The Morgan fingerprint density at radius 1 is 0.912 bits per heavy atom. The molecule has 2 aromatic carbocycles. The van der Waals surface area contributed by atoms with Crippen molar-refractivity contribution in [2.45, 2.75) is 12.8 Å². The second-order valence-corrected chi connectivity index (χ2v) is 7.66. The molecule has 3 heterocycles. The van der Waals surface area contributed by atoms with Crippen LogP contribution in [0.25, 0.3) is 11.3 Å². The molecule has 2 N–H and O–H groups in total. The zero-order valence-corrected chi connectivity index (χ0v) is 18.1. The smallest absolute Gasteiger partial charge is 0.250 e. The highest BCUT2D eigenvalue weighted by atomic mass is 19.1. The molecule has 1 aliphatic heterocycles. The topological polar surface area (TPSA) is 91.5 Å². The first kappa shape index (κ1) is 21.5. The van der Waals surface area contributed by atoms with E-state index in [2.05, 4.69) is 35.7 Å². The Morgan fingerprint density at radius 2 is 1.71 bits per heavy atom. The molecule has 4 aromatic rings. The molecular formula is C24H21F2N7O. The van der Waals surface area contributed by atoms with E-state index >= 15 is 0 Å². The van der Waals surface area contributed by atoms with Gasteiger partial charge in [0.2, 0.25) is 17.8 Å². The third-order valence-corrected chi connectivity index (χ3v) is 5.22. The van der Waals surface area contributed by atoms with Gasteiger partial charge in [-0.1, -0.05) is 18.2 Å². The highest BCUT2D eigenvalue weighted by molar-refractivity contribution is 5.78. The van der Waals surface area contributed by atoms with Crippen molar-refractivity contribution in [2.24, 2.45) is 5.10 Å². The molecule has 0 aliphatic carbocycles. The maximum absolute atomic E-state index is 14.0. The lowest BCUT2D eigenvalue weighted by atomic mass is 10.1. The fourth-order valence-electron chi connectivity index (χ4n) is 3.59. The van der Waals surface area contributed by atoms with E-state index in [0.29, 0.717) is 17.7 Å². The number of nitrogens with one attached hydrogen (secondary N) is 2. The predicted octanol–water partition coefficient (Wildman–Crippen LogP) is 5.20. The summed E-state index contributed by atoms with van der Waals surface area (Å²) in [6.45, 7) is 1.76. The zero-order chi connectivity index (χ0) is 23.3. The quantitative estimate of drug-likeness (QED) is 0.289. The van der Waals surface area contributed by atoms with Crippen molar-refractivity contribution in [3.63, 3.8) is 0 Å². The van der Waals surface area contributed by atoms with E-state index in [9.17, 15) is 8.78 Å². The van der Waals surface area contributed by atoms with Gasteiger partial charge in [-0.2, -0.15) is 20.1 Å². The Hall–Kier alpha value is -4.34. The Balaban J connectivity index is 1.33. The average molecular weight is 461 g/mol. The number of benzene rings is 2. The van der Waals surface area contributed by atoms with Crippen LogP contribution >= 0.6 is 0 Å². The second-order valence-electron chi connectivity index (χ2n) is 7.66. The van der Waals surface area contributed by atoms with Crippen molar-refractivity contribution in [2.75, 3.05) is 28.7 Å². The standard InChI is InChI=1S/C24H21F2N7O/c25-16-8-10-19(20(26)14-16)21-11-9-18(34-21)15-27-32-23-29-22(28-17-6-2-1-3-7-17)30-24(31-23)33-12-4-5-13-33/h1-3,6-11,14-15H,4-5,12-13H2,(H2,28,29,30,31,32)/b27-15-. The van der Waals surface area contributed by atoms with Crippen LogP contribution < -0.4 is 15.6 Å². The van der Waals surface area contributed by atoms with Crippen LogP contribution in [-0.4, -0.2) is 34.3 Å². The molecule has 0 spiro atoms. The van der Waals surface area contributed by atoms with E-state index in [4.69, 9.17) is 4.42 Å². The highest BCUT2D eigenvalue weighted by Gasteiger charge is 2.17. The van der Waals surface area contributed by atoms with Crippen LogP contribution in [0, 0.1) is 11.6 Å². The molecule has 2 aromatic heterocycles. The number of hydrogen-bond acceptors (Lipinski definition) is 8. The fraction of sp³-hybridized carbons (Fsp3) is 0.167. The third kappa shape index (κ3) is 5.01. The van der Waals surface area contributed by atoms with Gasteiger partial charge in [-0.3, -0.25) is 0 Å². The maximum atomic E-state index is 14.0. The number of nitrogens with zero attached hydrogens (tertiary/aromatic N) is 5. The van der Waals surface area contributed by atoms with E-state index < -0.39 is 11.6 Å². The minimum absolute atomic E-state index is 0.165. The minimum Gasteiger partial charge on any atom is -0.455 e. The summed E-state index contributed by atoms with van der Waals surface area (Å²) in [5.74, 6) is 0.526. The number of hydrazone groups is 1. The monoisotopic (exact) mass is 461 g/mol. The maximum Gasteiger partial charge on any atom is 0.250 e. The Morgan fingerprint density at radius 3 is 2.50 bits per heavy atom. The molecule has 0 unspecified atom stereocenters. The van der Waals surface area contributed by atoms with Gasteiger partial charge >= 0.3 is 0 Å². The van der Waals surface area contributed by atoms with Crippen LogP contribution in [-0.2, 0) is 0 Å². The number of anilines is 4. The average Bonchev–Trinajstić information content (AvgIpc) is 3.52. The zero-order valence-electron chi connectivity index (χ0n) is 18.1. The molecule has 5 rings (SSSR count). The molecule has 0 atom stereocenters. The number of para-hydroxylation sites is 1. The number of aromatic nitrogens is 3. The van der Waals surface area contributed by atoms with Gasteiger partial charge in [0.05, 0.1) is 11.8 Å². The molecule has 0 bridgehead atoms. The van der Waals surface area contributed by atoms with E-state index in [1.807, 2.05) is 30.3 Å². The minimum atomic E-state index is -0.700. The Labute approximate surface area is 194 Å². The van der Waals surface area contributed by atoms with Crippen molar-refractivity contribution in [1.29, 1.82) is 0 Å². The van der Waals surface area contributed by atoms with Crippen LogP contribution in [0.3, 0.4) is 0 Å². The van der Waals surface area contributed by atoms with Crippen LogP contribution in [0.2, 0.25) is 0 Å². The van der Waals surface area contributed by atoms with Gasteiger partial charge in [-0.25, -0.2) is 14.2 Å². The molecule has 1 aliphatic rings. The number of hydrogen-bond donors (Lipinski definition) is 2. The van der Waals surface area contributed by atoms with Crippen LogP contribution in [0.15, 0.2) is 70.2 Å². The SMILES string of the molecule is Fc1ccc(-c2ccc(/C=N\Nc3nc(Nc4ccccc4)nc(N4CCCC4)n3)o2)c(F)c1. The molecule has 0 amide bonds. The molecule has 1 saturated heterocycles. The first-order chi connectivity index (χ1) is 16.6. The van der Waals surface area contributed by atoms with Crippen molar-refractivity contribution in [3.8, 4) is 11.3 Å². The summed E-state index contributed by atoms with van der Waals surface area (Å²) >= 11 is 0. The third-order valence-electron chi connectivity index (χ3n) is 5.22. The summed E-state index contributed by atoms with van der Waals surface area (Å²) in [7, 11) is 0. The highest BCUT2D eigenvalue weighted by Crippen LogP contribution is 2.25. The van der Waals surface area contributed by atoms with Crippen molar-refractivity contribution in [3.05, 3.63) is 78.1 Å². The van der Waals surface area contributed by atoms with Gasteiger partial charge in [0.15, 0.2) is 0 Å². The first-order valence-corrected chi connectivity index (χ1v) is 10.8. The van der Waals surface area contributed by atoms with Crippen molar-refractivity contribution >= 4 is 29.7 Å². The van der Waals surface area contributed by atoms with E-state index in [1.54, 1.807) is 12.1 Å². The van der Waals surface area contributed by atoms with Gasteiger partial charge in [-0.15, -0.1) is 0 Å². The van der Waals surface area contributed by atoms with Gasteiger partial charge in [0.25, 0.3) is 0 Å². The first-order valence-electron chi connectivity index (χ1n) is 10.8. The molecule has 1 fully saturated rings. The number of furan rings is 1. The lowest BCUT2D eigenvalue weighted by Crippen LogP contribution is -2.21. The van der Waals surface area contributed by atoms with Gasteiger partial charge in [-0.05, 0) is 49.2 Å². The molecular weight excluding hydrogens is 440 g/mol. The summed E-state index contributed by atoms with van der Waals surface area (Å²) in [6.07, 6.45) is 3.60. The van der Waals surface area contributed by atoms with Crippen LogP contribution in [0.4, 0.5) is 32.3 Å². The summed E-state index contributed by atoms with van der Waals surface area (Å²) < 4.78 is 32.8. The molecule has 0 radical (unpaired) electrons. The van der Waals surface area contributed by atoms with Gasteiger partial charge in [0.1, 0.15) is 23.2 Å². The molecule has 34 heavy (non-hydrogen) atoms. The van der Waals surface area contributed by atoms with Crippen LogP contribution in [0.1, 0.15) is 18.6 Å². The van der Waals surface area contributed by atoms with Gasteiger partial charge < -0.3 is 14.6 Å². The fourth-order valence-corrected chi connectivity index (χ4v) is 3.59. The predicted molar refractivity (Wildman–Crippen MR) is 126 cm³/mol. The lowest BCUT2D eigenvalue weighted by Gasteiger charge is -2.16. The molecule has 0 saturated carbocycles. The van der Waals surface area contributed by atoms with Crippen molar-refractivity contribution in [1.82, 2.24) is 15.0 Å². The lowest BCUT2D eigenvalue weighted by molar-refractivity contribution is 0.556. The number of halogens is 2. The summed E-state index contributed by atoms with van der Waals surface area (Å²) in [4.78, 5) is 15.5. The van der Waals surface area contributed by atoms with Crippen molar-refractivity contribution < 1.29 is 13.2 Å². The molecule has 8 nitrogen and oxygen atoms in total. The second kappa shape index (κ2) is 9.65. The summed E-state index contributed by atoms with van der Waals surface area (Å²) in [5.41, 5.74) is 3.83. The Kier molecular flexibility index (Phi) is 6.11. The van der Waals surface area contributed by atoms with E-state index in [-0.39, 0.29) is 17.3 Å². The van der Waals surface area contributed by atoms with E-state index in [0.717, 1.165) is 37.7 Å². The largest absolute Gasteiger partial charge is 0.455 e. The number of rotatable bonds is 7. The summed E-state index contributed by atoms with van der Waals surface area (Å²) in [5, 5.41) is 7.34. The molecule has 172 valence electrons. The van der Waals surface area contributed by atoms with Crippen LogP contribution in [0.5, 0.6) is 0 Å².